The molecule has 0 spiro atoms. The third-order valence-electron chi connectivity index (χ3n) is 5.46. The molecule has 1 amide bonds. The number of nitrogens with one attached hydrogen (secondary N) is 1. The summed E-state index contributed by atoms with van der Waals surface area (Å²) < 4.78 is 5.72. The Morgan fingerprint density at radius 2 is 2.20 bits per heavy atom. The number of amides is 1. The maximum Gasteiger partial charge on any atom is 0.225 e. The summed E-state index contributed by atoms with van der Waals surface area (Å²) in [5.74, 6) is 1.30. The first-order valence-electron chi connectivity index (χ1n) is 8.06. The fraction of sp³-hybridized carbons (Fsp3) is 0.933. The zero-order chi connectivity index (χ0) is 14.1. The van der Waals surface area contributed by atoms with E-state index in [4.69, 9.17) is 10.5 Å². The van der Waals surface area contributed by atoms with Crippen molar-refractivity contribution < 1.29 is 9.53 Å². The van der Waals surface area contributed by atoms with Gasteiger partial charge in [-0.15, -0.1) is 0 Å². The number of hydrogen-bond acceptors (Lipinski definition) is 4. The molecule has 1 aliphatic heterocycles. The van der Waals surface area contributed by atoms with Gasteiger partial charge in [-0.25, -0.2) is 0 Å². The van der Waals surface area contributed by atoms with Crippen LogP contribution in [0.2, 0.25) is 0 Å². The lowest BCUT2D eigenvalue weighted by atomic mass is 9.84. The first-order valence-corrected chi connectivity index (χ1v) is 8.06. The molecule has 0 aromatic carbocycles. The highest BCUT2D eigenvalue weighted by molar-refractivity contribution is 5.80. The monoisotopic (exact) mass is 281 g/mol. The second-order valence-electron chi connectivity index (χ2n) is 6.57. The first-order chi connectivity index (χ1) is 9.69. The van der Waals surface area contributed by atoms with Crippen molar-refractivity contribution >= 4 is 5.91 Å². The van der Waals surface area contributed by atoms with Crippen LogP contribution >= 0.6 is 0 Å². The molecule has 3 aliphatic rings. The van der Waals surface area contributed by atoms with Crippen LogP contribution in [0.25, 0.3) is 0 Å². The molecule has 5 unspecified atom stereocenters. The van der Waals surface area contributed by atoms with E-state index in [9.17, 15) is 4.79 Å². The lowest BCUT2D eigenvalue weighted by molar-refractivity contribution is -0.128. The van der Waals surface area contributed by atoms with Crippen LogP contribution in [0.5, 0.6) is 0 Å². The first kappa shape index (κ1) is 14.3. The number of nitrogens with zero attached hydrogens (tertiary/aromatic N) is 1. The fourth-order valence-electron chi connectivity index (χ4n) is 4.25. The Kier molecular flexibility index (Phi) is 4.29. The van der Waals surface area contributed by atoms with Crippen molar-refractivity contribution in [2.24, 2.45) is 23.5 Å². The van der Waals surface area contributed by atoms with Gasteiger partial charge in [-0.1, -0.05) is 6.92 Å². The summed E-state index contributed by atoms with van der Waals surface area (Å²) in [6.45, 7) is 6.51. The van der Waals surface area contributed by atoms with Crippen molar-refractivity contribution in [2.75, 3.05) is 32.8 Å². The number of fused-ring (bicyclic) bond motifs is 2. The molecule has 0 radical (unpaired) electrons. The van der Waals surface area contributed by atoms with E-state index < -0.39 is 0 Å². The summed E-state index contributed by atoms with van der Waals surface area (Å²) >= 11 is 0. The highest BCUT2D eigenvalue weighted by Crippen LogP contribution is 2.47. The Hall–Kier alpha value is -0.650. The summed E-state index contributed by atoms with van der Waals surface area (Å²) in [6.07, 6.45) is 3.68. The maximum atomic E-state index is 12.4. The highest BCUT2D eigenvalue weighted by Gasteiger charge is 2.49. The summed E-state index contributed by atoms with van der Waals surface area (Å²) in [6, 6.07) is 0.0770. The molecule has 1 heterocycles. The average molecular weight is 281 g/mol. The van der Waals surface area contributed by atoms with E-state index in [0.717, 1.165) is 32.7 Å². The van der Waals surface area contributed by atoms with Crippen molar-refractivity contribution in [3.63, 3.8) is 0 Å². The van der Waals surface area contributed by atoms with Gasteiger partial charge in [-0.3, -0.25) is 9.69 Å². The molecule has 2 aliphatic carbocycles. The smallest absolute Gasteiger partial charge is 0.225 e. The van der Waals surface area contributed by atoms with Gasteiger partial charge in [0.25, 0.3) is 0 Å². The molecule has 2 saturated carbocycles. The predicted molar refractivity (Wildman–Crippen MR) is 77.2 cm³/mol. The lowest BCUT2D eigenvalue weighted by Gasteiger charge is -2.33. The van der Waals surface area contributed by atoms with Crippen LogP contribution in [0.15, 0.2) is 0 Å². The number of carbonyl (C=O) groups excluding carboxylic acids is 1. The molecule has 3 rings (SSSR count). The Labute approximate surface area is 121 Å². The van der Waals surface area contributed by atoms with Crippen LogP contribution in [0, 0.1) is 17.8 Å². The van der Waals surface area contributed by atoms with Crippen LogP contribution in [0.1, 0.15) is 26.2 Å². The molecule has 5 atom stereocenters. The van der Waals surface area contributed by atoms with Gasteiger partial charge >= 0.3 is 0 Å². The van der Waals surface area contributed by atoms with Crippen LogP contribution in [0.3, 0.4) is 0 Å². The van der Waals surface area contributed by atoms with E-state index in [1.165, 1.54) is 12.8 Å². The lowest BCUT2D eigenvalue weighted by Crippen LogP contribution is -2.50. The minimum absolute atomic E-state index is 0.0413. The minimum atomic E-state index is 0.0413. The third-order valence-corrected chi connectivity index (χ3v) is 5.46. The van der Waals surface area contributed by atoms with E-state index in [-0.39, 0.29) is 24.0 Å². The molecule has 114 valence electrons. The number of nitrogens with two attached hydrogens (primary N) is 1. The Balaban J connectivity index is 1.47. The Bertz CT molecular complexity index is 361. The van der Waals surface area contributed by atoms with Crippen molar-refractivity contribution in [2.45, 2.75) is 38.3 Å². The van der Waals surface area contributed by atoms with Crippen LogP contribution in [-0.4, -0.2) is 55.7 Å². The number of hydrogen-bond donors (Lipinski definition) is 2. The average Bonchev–Trinajstić information content (AvgIpc) is 3.06. The van der Waals surface area contributed by atoms with E-state index >= 15 is 0 Å². The second-order valence-corrected chi connectivity index (χ2v) is 6.57. The molecule has 20 heavy (non-hydrogen) atoms. The zero-order valence-corrected chi connectivity index (χ0v) is 12.4. The largest absolute Gasteiger partial charge is 0.374 e. The molecular formula is C15H27N3O2. The van der Waals surface area contributed by atoms with E-state index in [1.807, 2.05) is 0 Å². The molecule has 0 aromatic rings. The van der Waals surface area contributed by atoms with Crippen molar-refractivity contribution in [3.8, 4) is 0 Å². The normalized spacial score (nSPS) is 41.0. The van der Waals surface area contributed by atoms with Crippen LogP contribution < -0.4 is 11.1 Å². The predicted octanol–water partition coefficient (Wildman–Crippen LogP) is 0.197. The third kappa shape index (κ3) is 2.71. The van der Waals surface area contributed by atoms with Gasteiger partial charge < -0.3 is 15.8 Å². The number of carbonyl (C=O) groups is 1. The molecule has 5 heteroatoms. The van der Waals surface area contributed by atoms with Crippen molar-refractivity contribution in [1.29, 1.82) is 0 Å². The van der Waals surface area contributed by atoms with E-state index in [2.05, 4.69) is 17.1 Å². The summed E-state index contributed by atoms with van der Waals surface area (Å²) in [4.78, 5) is 14.7. The maximum absolute atomic E-state index is 12.4. The van der Waals surface area contributed by atoms with Gasteiger partial charge in [0.05, 0.1) is 18.6 Å². The standard InChI is InChI=1S/C15H27N3O2/c1-2-18-5-6-20-12(9-18)8-17-15(19)13-10-3-4-11(7-10)14(13)16/h10-14H,2-9,16H2,1H3,(H,17,19). The highest BCUT2D eigenvalue weighted by atomic mass is 16.5. The SMILES string of the molecule is CCN1CCOC(CNC(=O)C2C3CCC(C3)C2N)C1. The molecular weight excluding hydrogens is 254 g/mol. The number of rotatable bonds is 4. The van der Waals surface area contributed by atoms with Crippen molar-refractivity contribution in [1.82, 2.24) is 10.2 Å². The molecule has 5 nitrogen and oxygen atoms in total. The van der Waals surface area contributed by atoms with E-state index in [1.54, 1.807) is 0 Å². The van der Waals surface area contributed by atoms with Gasteiger partial charge in [-0.05, 0) is 37.6 Å². The zero-order valence-electron chi connectivity index (χ0n) is 12.4. The van der Waals surface area contributed by atoms with Crippen LogP contribution in [-0.2, 0) is 9.53 Å². The van der Waals surface area contributed by atoms with Crippen LogP contribution in [0.4, 0.5) is 0 Å². The summed E-state index contributed by atoms with van der Waals surface area (Å²) in [7, 11) is 0. The quantitative estimate of drug-likeness (QED) is 0.772. The fourth-order valence-corrected chi connectivity index (χ4v) is 4.25. The van der Waals surface area contributed by atoms with Gasteiger partial charge in [0, 0.05) is 25.7 Å². The summed E-state index contributed by atoms with van der Waals surface area (Å²) in [5.41, 5.74) is 6.22. The number of morpholine rings is 1. The number of ether oxygens (including phenoxy) is 1. The Morgan fingerprint density at radius 1 is 1.40 bits per heavy atom. The van der Waals surface area contributed by atoms with Gasteiger partial charge in [0.15, 0.2) is 0 Å². The minimum Gasteiger partial charge on any atom is -0.374 e. The van der Waals surface area contributed by atoms with E-state index in [0.29, 0.717) is 18.4 Å². The van der Waals surface area contributed by atoms with Gasteiger partial charge in [-0.2, -0.15) is 0 Å². The molecule has 3 fully saturated rings. The van der Waals surface area contributed by atoms with Gasteiger partial charge in [0.1, 0.15) is 0 Å². The summed E-state index contributed by atoms with van der Waals surface area (Å²) in [5, 5.41) is 3.08. The molecule has 2 bridgehead atoms. The van der Waals surface area contributed by atoms with Crippen molar-refractivity contribution in [3.05, 3.63) is 0 Å². The molecule has 3 N–H and O–H groups in total. The Morgan fingerprint density at radius 3 is 2.90 bits per heavy atom. The molecule has 1 saturated heterocycles. The number of likely N-dealkylation sites (N-methyl/N-ethyl adjacent to an activating group) is 1. The second kappa shape index (κ2) is 6.00. The molecule has 0 aromatic heterocycles. The van der Waals surface area contributed by atoms with Gasteiger partial charge in [0.2, 0.25) is 5.91 Å². The topological polar surface area (TPSA) is 67.6 Å².